The molecule has 1 aliphatic rings. The van der Waals surface area contributed by atoms with E-state index in [0.717, 1.165) is 10.5 Å². The number of esters is 1. The van der Waals surface area contributed by atoms with Crippen LogP contribution in [0.1, 0.15) is 27.0 Å². The van der Waals surface area contributed by atoms with E-state index in [1.165, 1.54) is 24.3 Å². The van der Waals surface area contributed by atoms with Crippen LogP contribution in [0.25, 0.3) is 6.08 Å². The van der Waals surface area contributed by atoms with Gasteiger partial charge in [0.1, 0.15) is 5.75 Å². The number of carbonyl (C=O) groups excluding carboxylic acids is 3. The summed E-state index contributed by atoms with van der Waals surface area (Å²) in [5.74, 6) is -0.940. The van der Waals surface area contributed by atoms with Crippen LogP contribution in [-0.2, 0) is 11.3 Å². The first-order chi connectivity index (χ1) is 16.7. The van der Waals surface area contributed by atoms with Gasteiger partial charge in [0.25, 0.3) is 16.8 Å². The summed E-state index contributed by atoms with van der Waals surface area (Å²) in [6, 6.07) is 17.8. The van der Waals surface area contributed by atoms with E-state index in [0.29, 0.717) is 27.4 Å². The molecule has 2 amide bonds. The lowest BCUT2D eigenvalue weighted by molar-refractivity contribution is -0.385. The molecule has 0 N–H and O–H groups in total. The Morgan fingerprint density at radius 1 is 1.11 bits per heavy atom. The number of imide groups is 1. The number of benzene rings is 3. The zero-order valence-electron chi connectivity index (χ0n) is 18.3. The predicted octanol–water partition coefficient (Wildman–Crippen LogP) is 6.12. The molecule has 0 radical (unpaired) electrons. The third-order valence-electron chi connectivity index (χ3n) is 5.14. The van der Waals surface area contributed by atoms with E-state index in [1.807, 2.05) is 6.92 Å². The first kappa shape index (κ1) is 24.4. The highest BCUT2D eigenvalue weighted by Gasteiger charge is 2.36. The summed E-state index contributed by atoms with van der Waals surface area (Å²) in [7, 11) is 0. The van der Waals surface area contributed by atoms with Gasteiger partial charge in [-0.05, 0) is 55.1 Å². The molecule has 0 saturated carbocycles. The summed E-state index contributed by atoms with van der Waals surface area (Å²) in [6.07, 6.45) is 1.47. The number of carbonyl (C=O) groups is 3. The maximum absolute atomic E-state index is 13.0. The van der Waals surface area contributed by atoms with Gasteiger partial charge in [-0.3, -0.25) is 24.6 Å². The maximum Gasteiger partial charge on any atom is 0.343 e. The Kier molecular flexibility index (Phi) is 7.13. The van der Waals surface area contributed by atoms with Crippen LogP contribution in [0.3, 0.4) is 0 Å². The van der Waals surface area contributed by atoms with Crippen LogP contribution in [0.5, 0.6) is 5.75 Å². The minimum Gasteiger partial charge on any atom is -0.422 e. The Balaban J connectivity index is 1.60. The van der Waals surface area contributed by atoms with Crippen molar-refractivity contribution in [3.8, 4) is 5.75 Å². The Bertz CT molecular complexity index is 1390. The molecule has 0 spiro atoms. The van der Waals surface area contributed by atoms with E-state index in [2.05, 4.69) is 15.9 Å². The van der Waals surface area contributed by atoms with Crippen molar-refractivity contribution in [2.75, 3.05) is 0 Å². The van der Waals surface area contributed by atoms with Crippen molar-refractivity contribution < 1.29 is 24.0 Å². The van der Waals surface area contributed by atoms with Gasteiger partial charge in [-0.15, -0.1) is 0 Å². The largest absolute Gasteiger partial charge is 0.422 e. The zero-order chi connectivity index (χ0) is 25.1. The molecule has 3 aromatic carbocycles. The average molecular weight is 553 g/mol. The van der Waals surface area contributed by atoms with Crippen LogP contribution in [0.15, 0.2) is 76.1 Å². The quantitative estimate of drug-likeness (QED) is 0.119. The van der Waals surface area contributed by atoms with Crippen LogP contribution < -0.4 is 4.74 Å². The lowest BCUT2D eigenvalue weighted by atomic mass is 10.1. The van der Waals surface area contributed by atoms with E-state index in [-0.39, 0.29) is 28.5 Å². The minimum atomic E-state index is -0.589. The number of nitro benzene ring substituents is 1. The van der Waals surface area contributed by atoms with Crippen LogP contribution in [0.2, 0.25) is 0 Å². The van der Waals surface area contributed by atoms with E-state index >= 15 is 0 Å². The number of amides is 2. The van der Waals surface area contributed by atoms with Crippen LogP contribution in [-0.4, -0.2) is 26.9 Å². The second-order valence-electron chi connectivity index (χ2n) is 7.59. The number of ether oxygens (including phenoxy) is 1. The summed E-state index contributed by atoms with van der Waals surface area (Å²) in [5.41, 5.74) is 1.86. The molecule has 10 heteroatoms. The number of para-hydroxylation sites is 1. The van der Waals surface area contributed by atoms with Crippen molar-refractivity contribution in [3.05, 3.63) is 108 Å². The van der Waals surface area contributed by atoms with Gasteiger partial charge >= 0.3 is 5.97 Å². The number of thioether (sulfide) groups is 1. The van der Waals surface area contributed by atoms with Gasteiger partial charge in [-0.1, -0.05) is 51.8 Å². The molecule has 8 nitrogen and oxygen atoms in total. The summed E-state index contributed by atoms with van der Waals surface area (Å²) >= 11 is 4.08. The molecular weight excluding hydrogens is 536 g/mol. The van der Waals surface area contributed by atoms with Crippen molar-refractivity contribution in [1.82, 2.24) is 4.90 Å². The van der Waals surface area contributed by atoms with Crippen molar-refractivity contribution in [2.24, 2.45) is 0 Å². The fraction of sp³-hybridized carbons (Fsp3) is 0.0800. The summed E-state index contributed by atoms with van der Waals surface area (Å²) in [4.78, 5) is 50.0. The molecule has 0 bridgehead atoms. The molecule has 0 atom stereocenters. The van der Waals surface area contributed by atoms with Crippen molar-refractivity contribution in [2.45, 2.75) is 13.5 Å². The van der Waals surface area contributed by atoms with Gasteiger partial charge < -0.3 is 4.74 Å². The molecule has 0 unspecified atom stereocenters. The number of hydrogen-bond donors (Lipinski definition) is 0. The average Bonchev–Trinajstić information content (AvgIpc) is 3.08. The molecule has 35 heavy (non-hydrogen) atoms. The van der Waals surface area contributed by atoms with E-state index in [9.17, 15) is 24.5 Å². The molecule has 0 aliphatic carbocycles. The molecule has 0 aromatic heterocycles. The Hall–Kier alpha value is -3.76. The lowest BCUT2D eigenvalue weighted by Crippen LogP contribution is -2.27. The van der Waals surface area contributed by atoms with Crippen LogP contribution in [0.4, 0.5) is 10.5 Å². The standard InChI is InChI=1S/C25H17BrN2O6S/c1-15-6-8-16(9-7-15)24(30)34-21-11-10-19(26)12-18(21)13-22-23(29)27(25(31)35-22)14-17-4-2-3-5-20(17)28(32)33/h2-13H,14H2,1H3/b22-13-. The number of aryl methyl sites for hydroxylation is 1. The number of rotatable bonds is 6. The third kappa shape index (κ3) is 5.50. The maximum atomic E-state index is 13.0. The second-order valence-corrected chi connectivity index (χ2v) is 9.50. The number of nitro groups is 1. The van der Waals surface area contributed by atoms with Gasteiger partial charge in [0.05, 0.1) is 21.9 Å². The highest BCUT2D eigenvalue weighted by molar-refractivity contribution is 9.10. The monoisotopic (exact) mass is 552 g/mol. The molecule has 3 aromatic rings. The fourth-order valence-electron chi connectivity index (χ4n) is 3.34. The normalized spacial score (nSPS) is 14.5. The van der Waals surface area contributed by atoms with Crippen molar-refractivity contribution in [3.63, 3.8) is 0 Å². The van der Waals surface area contributed by atoms with E-state index < -0.39 is 22.0 Å². The SMILES string of the molecule is Cc1ccc(C(=O)Oc2ccc(Br)cc2/C=C2\SC(=O)N(Cc3ccccc3[N+](=O)[O-])C2=O)cc1. The highest BCUT2D eigenvalue weighted by atomic mass is 79.9. The topological polar surface area (TPSA) is 107 Å². The molecule has 4 rings (SSSR count). The molecule has 1 saturated heterocycles. The molecule has 176 valence electrons. The minimum absolute atomic E-state index is 0.110. The highest BCUT2D eigenvalue weighted by Crippen LogP contribution is 2.36. The first-order valence-electron chi connectivity index (χ1n) is 10.3. The molecule has 1 fully saturated rings. The fourth-order valence-corrected chi connectivity index (χ4v) is 4.55. The summed E-state index contributed by atoms with van der Waals surface area (Å²) in [6.45, 7) is 1.68. The van der Waals surface area contributed by atoms with Crippen molar-refractivity contribution in [1.29, 1.82) is 0 Å². The summed E-state index contributed by atoms with van der Waals surface area (Å²) in [5, 5.41) is 10.7. The van der Waals surface area contributed by atoms with Gasteiger partial charge in [-0.2, -0.15) is 0 Å². The molecule has 1 heterocycles. The van der Waals surface area contributed by atoms with E-state index in [1.54, 1.807) is 48.5 Å². The number of halogens is 1. The van der Waals surface area contributed by atoms with Crippen LogP contribution >= 0.6 is 27.7 Å². The van der Waals surface area contributed by atoms with Crippen LogP contribution in [0, 0.1) is 17.0 Å². The summed E-state index contributed by atoms with van der Waals surface area (Å²) < 4.78 is 6.24. The van der Waals surface area contributed by atoms with Gasteiger partial charge in [-0.25, -0.2) is 4.79 Å². The van der Waals surface area contributed by atoms with E-state index in [4.69, 9.17) is 4.74 Å². The van der Waals surface area contributed by atoms with Gasteiger partial charge in [0, 0.05) is 21.7 Å². The lowest BCUT2D eigenvalue weighted by Gasteiger charge is -2.12. The predicted molar refractivity (Wildman–Crippen MR) is 135 cm³/mol. The Labute approximate surface area is 212 Å². The van der Waals surface area contributed by atoms with Gasteiger partial charge in [0.2, 0.25) is 0 Å². The van der Waals surface area contributed by atoms with Gasteiger partial charge in [0.15, 0.2) is 0 Å². The zero-order valence-corrected chi connectivity index (χ0v) is 20.7. The molecular formula is C25H17BrN2O6S. The third-order valence-corrected chi connectivity index (χ3v) is 6.54. The smallest absolute Gasteiger partial charge is 0.343 e. The second kappa shape index (κ2) is 10.2. The Morgan fingerprint density at radius 3 is 2.54 bits per heavy atom. The first-order valence-corrected chi connectivity index (χ1v) is 11.9. The van der Waals surface area contributed by atoms with Crippen molar-refractivity contribution >= 4 is 56.6 Å². The number of nitrogens with zero attached hydrogens (tertiary/aromatic N) is 2. The number of hydrogen-bond acceptors (Lipinski definition) is 7. The Morgan fingerprint density at radius 2 is 1.83 bits per heavy atom. The molecule has 1 aliphatic heterocycles.